The molecule has 0 saturated carbocycles. The third-order valence-corrected chi connectivity index (χ3v) is 6.29. The van der Waals surface area contributed by atoms with Crippen LogP contribution in [-0.2, 0) is 21.2 Å². The van der Waals surface area contributed by atoms with E-state index in [9.17, 15) is 13.2 Å². The lowest BCUT2D eigenvalue weighted by molar-refractivity contribution is 0.0545. The maximum absolute atomic E-state index is 13.1. The van der Waals surface area contributed by atoms with E-state index in [4.69, 9.17) is 4.74 Å². The molecule has 0 N–H and O–H groups in total. The highest BCUT2D eigenvalue weighted by atomic mass is 32.2. The van der Waals surface area contributed by atoms with Crippen molar-refractivity contribution in [2.75, 3.05) is 6.61 Å². The summed E-state index contributed by atoms with van der Waals surface area (Å²) < 4.78 is 32.1. The van der Waals surface area contributed by atoms with Crippen molar-refractivity contribution in [1.82, 2.24) is 4.31 Å². The minimum absolute atomic E-state index is 0.0623. The van der Waals surface area contributed by atoms with Crippen molar-refractivity contribution in [2.24, 2.45) is 5.92 Å². The van der Waals surface area contributed by atoms with Gasteiger partial charge in [0.25, 0.3) is 10.0 Å². The van der Waals surface area contributed by atoms with Gasteiger partial charge in [0.15, 0.2) is 0 Å². The van der Waals surface area contributed by atoms with E-state index in [2.05, 4.69) is 6.58 Å². The zero-order valence-corrected chi connectivity index (χ0v) is 15.4. The Bertz CT molecular complexity index is 891. The molecule has 5 nitrogen and oxygen atoms in total. The molecule has 0 aromatic heterocycles. The molecule has 2 aromatic rings. The van der Waals surface area contributed by atoms with Crippen LogP contribution in [0.25, 0.3) is 0 Å². The Morgan fingerprint density at radius 3 is 2.42 bits per heavy atom. The molecule has 0 radical (unpaired) electrons. The van der Waals surface area contributed by atoms with Crippen LogP contribution in [0.5, 0.6) is 0 Å². The van der Waals surface area contributed by atoms with Crippen LogP contribution in [0.15, 0.2) is 72.1 Å². The van der Waals surface area contributed by atoms with E-state index in [1.807, 2.05) is 37.3 Å². The largest absolute Gasteiger partial charge is 0.448 e. The summed E-state index contributed by atoms with van der Waals surface area (Å²) in [6, 6.07) is 15.4. The highest BCUT2D eigenvalue weighted by Crippen LogP contribution is 2.30. The maximum Gasteiger partial charge on any atom is 0.424 e. The molecule has 0 aliphatic carbocycles. The summed E-state index contributed by atoms with van der Waals surface area (Å²) >= 11 is 0. The molecular formula is C20H21NO4S. The van der Waals surface area contributed by atoms with Gasteiger partial charge in [0.05, 0.1) is 17.5 Å². The highest BCUT2D eigenvalue weighted by molar-refractivity contribution is 7.89. The number of rotatable bonds is 5. The number of benzene rings is 2. The molecule has 2 atom stereocenters. The molecule has 3 rings (SSSR count). The van der Waals surface area contributed by atoms with Crippen molar-refractivity contribution in [2.45, 2.75) is 24.3 Å². The van der Waals surface area contributed by atoms with Gasteiger partial charge in [-0.15, -0.1) is 6.58 Å². The van der Waals surface area contributed by atoms with Gasteiger partial charge in [-0.25, -0.2) is 13.2 Å². The number of carbonyl (C=O) groups excluding carboxylic acids is 1. The van der Waals surface area contributed by atoms with Crippen LogP contribution in [0.2, 0.25) is 0 Å². The van der Waals surface area contributed by atoms with Gasteiger partial charge in [-0.3, -0.25) is 0 Å². The first kappa shape index (κ1) is 18.2. The standard InChI is InChI=1S/C20H21NO4S/c1-3-19-17(13-16-7-5-4-6-8-16)14-25-20(22)21(19)26(23,24)18-11-9-15(2)10-12-18/h3-12,17,19H,1,13-14H2,2H3/t17-,19+/m0/s1. The normalized spacial score (nSPS) is 20.5. The fourth-order valence-electron chi connectivity index (χ4n) is 3.12. The first-order valence-electron chi connectivity index (χ1n) is 8.38. The third kappa shape index (κ3) is 3.51. The number of aryl methyl sites for hydroxylation is 1. The number of nitrogens with zero attached hydrogens (tertiary/aromatic N) is 1. The van der Waals surface area contributed by atoms with Gasteiger partial charge >= 0.3 is 6.09 Å². The van der Waals surface area contributed by atoms with Gasteiger partial charge in [-0.05, 0) is 31.0 Å². The van der Waals surface area contributed by atoms with Gasteiger partial charge < -0.3 is 4.74 Å². The predicted molar refractivity (Wildman–Crippen MR) is 99.2 cm³/mol. The van der Waals surface area contributed by atoms with Crippen LogP contribution in [0, 0.1) is 12.8 Å². The van der Waals surface area contributed by atoms with Gasteiger partial charge in [-0.2, -0.15) is 4.31 Å². The van der Waals surface area contributed by atoms with Crippen molar-refractivity contribution in [3.63, 3.8) is 0 Å². The number of sulfonamides is 1. The van der Waals surface area contributed by atoms with E-state index in [-0.39, 0.29) is 17.4 Å². The lowest BCUT2D eigenvalue weighted by Gasteiger charge is -2.38. The van der Waals surface area contributed by atoms with E-state index in [0.717, 1.165) is 15.4 Å². The van der Waals surface area contributed by atoms with Gasteiger partial charge in [0.1, 0.15) is 0 Å². The first-order valence-corrected chi connectivity index (χ1v) is 9.82. The molecule has 6 heteroatoms. The number of cyclic esters (lactones) is 1. The van der Waals surface area contributed by atoms with Crippen molar-refractivity contribution in [3.8, 4) is 0 Å². The summed E-state index contributed by atoms with van der Waals surface area (Å²) in [7, 11) is -4.03. The summed E-state index contributed by atoms with van der Waals surface area (Å²) in [6.07, 6.45) is 1.24. The second-order valence-corrected chi connectivity index (χ2v) is 8.18. The van der Waals surface area contributed by atoms with Crippen molar-refractivity contribution >= 4 is 16.1 Å². The molecule has 136 valence electrons. The molecule has 1 saturated heterocycles. The van der Waals surface area contributed by atoms with Crippen molar-refractivity contribution in [1.29, 1.82) is 0 Å². The van der Waals surface area contributed by atoms with E-state index in [0.29, 0.717) is 6.42 Å². The van der Waals surface area contributed by atoms with Crippen LogP contribution in [0.4, 0.5) is 4.79 Å². The Morgan fingerprint density at radius 2 is 1.81 bits per heavy atom. The summed E-state index contributed by atoms with van der Waals surface area (Å²) in [5, 5.41) is 0. The Hall–Kier alpha value is -2.60. The topological polar surface area (TPSA) is 63.7 Å². The van der Waals surface area contributed by atoms with Crippen LogP contribution >= 0.6 is 0 Å². The molecule has 1 amide bonds. The maximum atomic E-state index is 13.1. The lowest BCUT2D eigenvalue weighted by atomic mass is 9.92. The monoisotopic (exact) mass is 371 g/mol. The van der Waals surface area contributed by atoms with E-state index in [1.165, 1.54) is 18.2 Å². The fourth-order valence-corrected chi connectivity index (χ4v) is 4.66. The average Bonchev–Trinajstić information content (AvgIpc) is 2.64. The first-order chi connectivity index (χ1) is 12.4. The Labute approximate surface area is 154 Å². The second-order valence-electron chi connectivity index (χ2n) is 6.37. The number of hydrogen-bond donors (Lipinski definition) is 0. The molecule has 1 aliphatic heterocycles. The number of carbonyl (C=O) groups is 1. The van der Waals surface area contributed by atoms with E-state index < -0.39 is 22.2 Å². The molecular weight excluding hydrogens is 350 g/mol. The Balaban J connectivity index is 1.94. The van der Waals surface area contributed by atoms with E-state index >= 15 is 0 Å². The third-order valence-electron chi connectivity index (χ3n) is 4.51. The summed E-state index contributed by atoms with van der Waals surface area (Å²) in [5.74, 6) is -0.201. The van der Waals surface area contributed by atoms with Crippen molar-refractivity contribution < 1.29 is 17.9 Å². The molecule has 2 aromatic carbocycles. The van der Waals surface area contributed by atoms with Gasteiger partial charge in [0, 0.05) is 5.92 Å². The Kier molecular flexibility index (Phi) is 5.13. The molecule has 1 fully saturated rings. The summed E-state index contributed by atoms with van der Waals surface area (Å²) in [6.45, 7) is 5.79. The molecule has 26 heavy (non-hydrogen) atoms. The molecule has 1 aliphatic rings. The van der Waals surface area contributed by atoms with Crippen LogP contribution in [-0.4, -0.2) is 31.5 Å². The van der Waals surface area contributed by atoms with Crippen LogP contribution in [0.1, 0.15) is 11.1 Å². The molecule has 0 bridgehead atoms. The number of amides is 1. The SMILES string of the molecule is C=C[C@@H]1[C@@H](Cc2ccccc2)COC(=O)N1S(=O)(=O)c1ccc(C)cc1. The highest BCUT2D eigenvalue weighted by Gasteiger charge is 2.43. The quantitative estimate of drug-likeness (QED) is 0.754. The van der Waals surface area contributed by atoms with Crippen LogP contribution < -0.4 is 0 Å². The van der Waals surface area contributed by atoms with E-state index in [1.54, 1.807) is 12.1 Å². The molecule has 0 spiro atoms. The predicted octanol–water partition coefficient (Wildman–Crippen LogP) is 3.55. The summed E-state index contributed by atoms with van der Waals surface area (Å²) in [5.41, 5.74) is 1.99. The van der Waals surface area contributed by atoms with Crippen molar-refractivity contribution in [3.05, 3.63) is 78.4 Å². The molecule has 1 heterocycles. The van der Waals surface area contributed by atoms with Gasteiger partial charge in [-0.1, -0.05) is 54.1 Å². The fraction of sp³-hybridized carbons (Fsp3) is 0.250. The van der Waals surface area contributed by atoms with Crippen LogP contribution in [0.3, 0.4) is 0 Å². The number of hydrogen-bond acceptors (Lipinski definition) is 4. The second kappa shape index (κ2) is 7.33. The average molecular weight is 371 g/mol. The Morgan fingerprint density at radius 1 is 1.15 bits per heavy atom. The lowest BCUT2D eigenvalue weighted by Crippen LogP contribution is -2.53. The smallest absolute Gasteiger partial charge is 0.424 e. The number of ether oxygens (including phenoxy) is 1. The summed E-state index contributed by atoms with van der Waals surface area (Å²) in [4.78, 5) is 12.4. The zero-order chi connectivity index (χ0) is 18.7. The van der Waals surface area contributed by atoms with Gasteiger partial charge in [0.2, 0.25) is 0 Å². The molecule has 0 unspecified atom stereocenters. The zero-order valence-electron chi connectivity index (χ0n) is 14.5. The minimum atomic E-state index is -4.03. The minimum Gasteiger partial charge on any atom is -0.448 e.